The van der Waals surface area contributed by atoms with E-state index in [1.807, 2.05) is 48.5 Å². The highest BCUT2D eigenvalue weighted by Crippen LogP contribution is 2.34. The molecule has 3 aromatic carbocycles. The molecule has 1 amide bonds. The van der Waals surface area contributed by atoms with E-state index in [2.05, 4.69) is 5.32 Å². The summed E-state index contributed by atoms with van der Waals surface area (Å²) < 4.78 is 5.29. The molecule has 0 aliphatic heterocycles. The van der Waals surface area contributed by atoms with Crippen LogP contribution in [-0.2, 0) is 0 Å². The number of nitrogen functional groups attached to an aromatic ring is 2. The smallest absolute Gasteiger partial charge is 0.259 e. The molecular weight excluding hydrogens is 346 g/mol. The molecule has 0 fully saturated rings. The minimum absolute atomic E-state index is 0.287. The predicted molar refractivity (Wildman–Crippen MR) is 107 cm³/mol. The Balaban J connectivity index is 1.91. The number of rotatable bonds is 5. The van der Waals surface area contributed by atoms with Crippen LogP contribution in [0.15, 0.2) is 76.5 Å². The van der Waals surface area contributed by atoms with Gasteiger partial charge in [0.25, 0.3) is 5.91 Å². The van der Waals surface area contributed by atoms with Crippen molar-refractivity contribution in [2.75, 3.05) is 23.9 Å². The lowest BCUT2D eigenvalue weighted by atomic mass is 10.1. The molecule has 3 rings (SSSR count). The summed E-state index contributed by atoms with van der Waals surface area (Å²) in [5.41, 5.74) is 14.0. The maximum absolute atomic E-state index is 12.9. The first-order valence-corrected chi connectivity index (χ1v) is 8.76. The summed E-state index contributed by atoms with van der Waals surface area (Å²) in [5, 5.41) is 2.88. The Hall–Kier alpha value is -3.12. The van der Waals surface area contributed by atoms with Gasteiger partial charge < -0.3 is 21.5 Å². The number of nitrogens with two attached hydrogens (primary N) is 2. The molecule has 132 valence electrons. The van der Waals surface area contributed by atoms with Crippen LogP contribution in [0.25, 0.3) is 0 Å². The van der Waals surface area contributed by atoms with E-state index in [0.29, 0.717) is 28.4 Å². The van der Waals surface area contributed by atoms with E-state index in [1.54, 1.807) is 25.3 Å². The van der Waals surface area contributed by atoms with Crippen LogP contribution in [0.2, 0.25) is 0 Å². The number of hydrogen-bond donors (Lipinski definition) is 3. The van der Waals surface area contributed by atoms with Gasteiger partial charge in [-0.3, -0.25) is 4.79 Å². The molecule has 0 heterocycles. The van der Waals surface area contributed by atoms with Crippen molar-refractivity contribution in [3.05, 3.63) is 72.3 Å². The van der Waals surface area contributed by atoms with Gasteiger partial charge in [-0.15, -0.1) is 0 Å². The fraction of sp³-hybridized carbons (Fsp3) is 0.0500. The molecule has 0 aliphatic rings. The highest BCUT2D eigenvalue weighted by Gasteiger charge is 2.17. The van der Waals surface area contributed by atoms with Crippen molar-refractivity contribution in [3.8, 4) is 5.75 Å². The summed E-state index contributed by atoms with van der Waals surface area (Å²) in [7, 11) is 1.56. The summed E-state index contributed by atoms with van der Waals surface area (Å²) in [6.45, 7) is 0. The molecule has 5 N–H and O–H groups in total. The molecule has 0 bridgehead atoms. The zero-order valence-electron chi connectivity index (χ0n) is 14.2. The molecule has 6 heteroatoms. The first kappa shape index (κ1) is 17.7. The number of carbonyl (C=O) groups excluding carboxylic acids is 1. The summed E-state index contributed by atoms with van der Waals surface area (Å²) in [6, 6.07) is 20.1. The van der Waals surface area contributed by atoms with Crippen LogP contribution >= 0.6 is 11.8 Å². The Kier molecular flexibility index (Phi) is 5.34. The summed E-state index contributed by atoms with van der Waals surface area (Å²) in [4.78, 5) is 14.6. The van der Waals surface area contributed by atoms with Gasteiger partial charge in [-0.2, -0.15) is 0 Å². The Morgan fingerprint density at radius 1 is 0.962 bits per heavy atom. The molecule has 3 aromatic rings. The zero-order chi connectivity index (χ0) is 18.5. The Morgan fingerprint density at radius 2 is 1.69 bits per heavy atom. The lowest BCUT2D eigenvalue weighted by molar-refractivity contribution is 0.102. The molecular formula is C20H19N3O2S. The van der Waals surface area contributed by atoms with Crippen molar-refractivity contribution in [3.63, 3.8) is 0 Å². The normalized spacial score (nSPS) is 10.3. The summed E-state index contributed by atoms with van der Waals surface area (Å²) >= 11 is 1.46. The quantitative estimate of drug-likeness (QED) is 0.588. The number of anilines is 3. The number of methoxy groups -OCH3 is 1. The molecule has 0 spiro atoms. The third-order valence-electron chi connectivity index (χ3n) is 3.75. The second kappa shape index (κ2) is 7.84. The third-order valence-corrected chi connectivity index (χ3v) is 4.82. The highest BCUT2D eigenvalue weighted by molar-refractivity contribution is 7.99. The molecule has 0 unspecified atom stereocenters. The van der Waals surface area contributed by atoms with E-state index in [-0.39, 0.29) is 5.91 Å². The third kappa shape index (κ3) is 3.92. The van der Waals surface area contributed by atoms with Crippen molar-refractivity contribution >= 4 is 34.7 Å². The monoisotopic (exact) mass is 365 g/mol. The van der Waals surface area contributed by atoms with Gasteiger partial charge in [0.15, 0.2) is 0 Å². The van der Waals surface area contributed by atoms with Gasteiger partial charge in [0.1, 0.15) is 5.75 Å². The number of amides is 1. The Bertz CT molecular complexity index is 927. The number of carbonyl (C=O) groups is 1. The molecule has 5 nitrogen and oxygen atoms in total. The average molecular weight is 365 g/mol. The van der Waals surface area contributed by atoms with Crippen LogP contribution in [0.3, 0.4) is 0 Å². The lowest BCUT2D eigenvalue weighted by Crippen LogP contribution is -2.15. The van der Waals surface area contributed by atoms with E-state index >= 15 is 0 Å². The van der Waals surface area contributed by atoms with Crippen molar-refractivity contribution in [2.24, 2.45) is 0 Å². The molecule has 0 aromatic heterocycles. The minimum Gasteiger partial charge on any atom is -0.495 e. The van der Waals surface area contributed by atoms with Crippen LogP contribution in [0, 0.1) is 0 Å². The molecule has 0 aliphatic carbocycles. The fourth-order valence-corrected chi connectivity index (χ4v) is 3.46. The average Bonchev–Trinajstić information content (AvgIpc) is 2.64. The molecule has 0 saturated heterocycles. The first-order chi connectivity index (χ1) is 12.6. The Labute approximate surface area is 156 Å². The number of para-hydroxylation sites is 2. The van der Waals surface area contributed by atoms with Crippen molar-refractivity contribution in [1.29, 1.82) is 0 Å². The molecule has 0 saturated carbocycles. The molecule has 0 radical (unpaired) electrons. The lowest BCUT2D eigenvalue weighted by Gasteiger charge is -2.14. The second-order valence-corrected chi connectivity index (χ2v) is 6.66. The minimum atomic E-state index is -0.287. The van der Waals surface area contributed by atoms with E-state index in [9.17, 15) is 4.79 Å². The van der Waals surface area contributed by atoms with Crippen molar-refractivity contribution in [2.45, 2.75) is 9.79 Å². The van der Waals surface area contributed by atoms with Gasteiger partial charge in [0.05, 0.1) is 18.4 Å². The largest absolute Gasteiger partial charge is 0.495 e. The summed E-state index contributed by atoms with van der Waals surface area (Å²) in [6.07, 6.45) is 0. The van der Waals surface area contributed by atoms with E-state index < -0.39 is 0 Å². The molecule has 26 heavy (non-hydrogen) atoms. The van der Waals surface area contributed by atoms with Gasteiger partial charge in [0, 0.05) is 21.2 Å². The van der Waals surface area contributed by atoms with Crippen LogP contribution < -0.4 is 21.5 Å². The maximum atomic E-state index is 12.9. The van der Waals surface area contributed by atoms with Crippen LogP contribution in [-0.4, -0.2) is 13.0 Å². The van der Waals surface area contributed by atoms with Gasteiger partial charge in [-0.05, 0) is 48.5 Å². The predicted octanol–water partition coefficient (Wildman–Crippen LogP) is 4.26. The standard InChI is InChI=1S/C20H19N3O2S/c1-25-17-7-3-2-6-16(17)23-20(24)19-15(22)5-4-8-18(19)26-14-11-9-13(21)10-12-14/h2-12H,21-22H2,1H3,(H,23,24). The van der Waals surface area contributed by atoms with Crippen molar-refractivity contribution < 1.29 is 9.53 Å². The number of benzene rings is 3. The van der Waals surface area contributed by atoms with Gasteiger partial charge >= 0.3 is 0 Å². The number of hydrogen-bond acceptors (Lipinski definition) is 5. The molecule has 0 atom stereocenters. The summed E-state index contributed by atoms with van der Waals surface area (Å²) in [5.74, 6) is 0.300. The fourth-order valence-electron chi connectivity index (χ4n) is 2.47. The zero-order valence-corrected chi connectivity index (χ0v) is 15.0. The topological polar surface area (TPSA) is 90.4 Å². The maximum Gasteiger partial charge on any atom is 0.259 e. The van der Waals surface area contributed by atoms with Crippen LogP contribution in [0.1, 0.15) is 10.4 Å². The Morgan fingerprint density at radius 3 is 2.42 bits per heavy atom. The van der Waals surface area contributed by atoms with Crippen molar-refractivity contribution in [1.82, 2.24) is 0 Å². The van der Waals surface area contributed by atoms with Gasteiger partial charge in [-0.1, -0.05) is 30.0 Å². The second-order valence-electron chi connectivity index (χ2n) is 5.55. The van der Waals surface area contributed by atoms with E-state index in [0.717, 1.165) is 9.79 Å². The van der Waals surface area contributed by atoms with E-state index in [4.69, 9.17) is 16.2 Å². The van der Waals surface area contributed by atoms with Gasteiger partial charge in [0.2, 0.25) is 0 Å². The van der Waals surface area contributed by atoms with Gasteiger partial charge in [-0.25, -0.2) is 0 Å². The number of ether oxygens (including phenoxy) is 1. The van der Waals surface area contributed by atoms with E-state index in [1.165, 1.54) is 11.8 Å². The first-order valence-electron chi connectivity index (χ1n) is 7.94. The highest BCUT2D eigenvalue weighted by atomic mass is 32.2. The SMILES string of the molecule is COc1ccccc1NC(=O)c1c(N)cccc1Sc1ccc(N)cc1. The van der Waals surface area contributed by atoms with Crippen LogP contribution in [0.4, 0.5) is 17.1 Å². The van der Waals surface area contributed by atoms with Crippen LogP contribution in [0.5, 0.6) is 5.75 Å². The number of nitrogens with one attached hydrogen (secondary N) is 1.